The molecule has 2 rings (SSSR count). The third-order valence-electron chi connectivity index (χ3n) is 3.98. The van der Waals surface area contributed by atoms with Crippen LogP contribution in [-0.2, 0) is 21.1 Å². The normalized spacial score (nSPS) is 16.9. The van der Waals surface area contributed by atoms with Gasteiger partial charge in [-0.1, -0.05) is 30.3 Å². The first kappa shape index (κ1) is 16.0. The van der Waals surface area contributed by atoms with Crippen LogP contribution in [0.25, 0.3) is 0 Å². The molecule has 1 aliphatic heterocycles. The van der Waals surface area contributed by atoms with Crippen LogP contribution in [-0.4, -0.2) is 44.3 Å². The number of nitrogens with zero attached hydrogens (tertiary/aromatic N) is 1. The molecule has 1 aromatic carbocycles. The number of likely N-dealkylation sites (tertiary alicyclic amines) is 1. The number of carbonyl (C=O) groups excluding carboxylic acids is 1. The summed E-state index contributed by atoms with van der Waals surface area (Å²) in [7, 11) is -2.91. The average Bonchev–Trinajstić information content (AvgIpc) is 2.45. The van der Waals surface area contributed by atoms with E-state index in [-0.39, 0.29) is 17.6 Å². The van der Waals surface area contributed by atoms with Crippen LogP contribution >= 0.6 is 0 Å². The highest BCUT2D eigenvalue weighted by molar-refractivity contribution is 7.90. The number of carbonyl (C=O) groups is 1. The molecule has 0 radical (unpaired) electrons. The van der Waals surface area contributed by atoms with Gasteiger partial charge >= 0.3 is 0 Å². The van der Waals surface area contributed by atoms with E-state index in [1.807, 2.05) is 35.2 Å². The first-order chi connectivity index (χ1) is 9.94. The average molecular weight is 309 g/mol. The van der Waals surface area contributed by atoms with Gasteiger partial charge < -0.3 is 4.90 Å². The van der Waals surface area contributed by atoms with Crippen molar-refractivity contribution in [2.75, 3.05) is 25.1 Å². The second-order valence-electron chi connectivity index (χ2n) is 5.90. The van der Waals surface area contributed by atoms with E-state index in [9.17, 15) is 13.2 Å². The standard InChI is InChI=1S/C16H23NO3S/c1-21(19,20)13-15-9-11-17(12-10-15)16(18)8-7-14-5-3-2-4-6-14/h2-6,15H,7-13H2,1H3. The Morgan fingerprint density at radius 3 is 2.38 bits per heavy atom. The van der Waals surface area contributed by atoms with E-state index in [2.05, 4.69) is 0 Å². The van der Waals surface area contributed by atoms with Crippen LogP contribution < -0.4 is 0 Å². The lowest BCUT2D eigenvalue weighted by Gasteiger charge is -2.31. The van der Waals surface area contributed by atoms with E-state index in [1.54, 1.807) is 0 Å². The lowest BCUT2D eigenvalue weighted by molar-refractivity contribution is -0.132. The van der Waals surface area contributed by atoms with Gasteiger partial charge in [-0.05, 0) is 30.7 Å². The van der Waals surface area contributed by atoms with Gasteiger partial charge in [-0.2, -0.15) is 0 Å². The Morgan fingerprint density at radius 1 is 1.19 bits per heavy atom. The molecule has 1 fully saturated rings. The molecule has 0 N–H and O–H groups in total. The van der Waals surface area contributed by atoms with Gasteiger partial charge in [-0.3, -0.25) is 4.79 Å². The van der Waals surface area contributed by atoms with E-state index in [0.29, 0.717) is 19.5 Å². The van der Waals surface area contributed by atoms with Crippen molar-refractivity contribution in [2.45, 2.75) is 25.7 Å². The van der Waals surface area contributed by atoms with E-state index in [4.69, 9.17) is 0 Å². The van der Waals surface area contributed by atoms with Crippen LogP contribution in [0.2, 0.25) is 0 Å². The molecule has 1 amide bonds. The van der Waals surface area contributed by atoms with Gasteiger partial charge in [0.1, 0.15) is 9.84 Å². The Labute approximate surface area is 127 Å². The van der Waals surface area contributed by atoms with Crippen molar-refractivity contribution in [1.29, 1.82) is 0 Å². The van der Waals surface area contributed by atoms with Gasteiger partial charge in [0, 0.05) is 25.8 Å². The van der Waals surface area contributed by atoms with Crippen LogP contribution in [0.3, 0.4) is 0 Å². The first-order valence-corrected chi connectivity index (χ1v) is 9.49. The van der Waals surface area contributed by atoms with Gasteiger partial charge in [0.2, 0.25) is 5.91 Å². The summed E-state index contributed by atoms with van der Waals surface area (Å²) in [6.45, 7) is 1.38. The number of sulfone groups is 1. The Morgan fingerprint density at radius 2 is 1.81 bits per heavy atom. The molecule has 116 valence electrons. The molecule has 0 bridgehead atoms. The summed E-state index contributed by atoms with van der Waals surface area (Å²) >= 11 is 0. The lowest BCUT2D eigenvalue weighted by atomic mass is 9.98. The minimum absolute atomic E-state index is 0.177. The summed E-state index contributed by atoms with van der Waals surface area (Å²) in [6.07, 6.45) is 4.17. The maximum atomic E-state index is 12.2. The van der Waals surface area contributed by atoms with Crippen LogP contribution in [0.15, 0.2) is 30.3 Å². The van der Waals surface area contributed by atoms with Crippen LogP contribution in [0.5, 0.6) is 0 Å². The molecular formula is C16H23NO3S. The van der Waals surface area contributed by atoms with Crippen molar-refractivity contribution in [2.24, 2.45) is 5.92 Å². The van der Waals surface area contributed by atoms with Crippen LogP contribution in [0, 0.1) is 5.92 Å². The highest BCUT2D eigenvalue weighted by atomic mass is 32.2. The Kier molecular flexibility index (Phi) is 5.39. The van der Waals surface area contributed by atoms with Crippen molar-refractivity contribution >= 4 is 15.7 Å². The number of benzene rings is 1. The summed E-state index contributed by atoms with van der Waals surface area (Å²) in [4.78, 5) is 14.0. The zero-order valence-electron chi connectivity index (χ0n) is 12.5. The Bertz CT molecular complexity index is 560. The number of amides is 1. The quantitative estimate of drug-likeness (QED) is 0.835. The van der Waals surface area contributed by atoms with Crippen molar-refractivity contribution in [3.05, 3.63) is 35.9 Å². The second kappa shape index (κ2) is 7.07. The molecular weight excluding hydrogens is 286 g/mol. The number of rotatable bonds is 5. The topological polar surface area (TPSA) is 54.5 Å². The Hall–Kier alpha value is -1.36. The number of hydrogen-bond acceptors (Lipinski definition) is 3. The zero-order valence-corrected chi connectivity index (χ0v) is 13.3. The fraction of sp³-hybridized carbons (Fsp3) is 0.562. The molecule has 0 unspecified atom stereocenters. The van der Waals surface area contributed by atoms with Crippen molar-refractivity contribution in [1.82, 2.24) is 4.90 Å². The largest absolute Gasteiger partial charge is 0.343 e. The molecule has 1 aromatic rings. The smallest absolute Gasteiger partial charge is 0.222 e. The summed E-state index contributed by atoms with van der Waals surface area (Å²) in [5.41, 5.74) is 1.18. The van der Waals surface area contributed by atoms with E-state index in [1.165, 1.54) is 11.8 Å². The Balaban J connectivity index is 1.75. The summed E-state index contributed by atoms with van der Waals surface area (Å²) in [5, 5.41) is 0. The predicted molar refractivity (Wildman–Crippen MR) is 83.8 cm³/mol. The van der Waals surface area contributed by atoms with Gasteiger partial charge in [-0.15, -0.1) is 0 Å². The summed E-state index contributed by atoms with van der Waals surface area (Å²) in [5.74, 6) is 0.633. The summed E-state index contributed by atoms with van der Waals surface area (Å²) in [6, 6.07) is 10.0. The SMILES string of the molecule is CS(=O)(=O)CC1CCN(C(=O)CCc2ccccc2)CC1. The molecule has 0 spiro atoms. The molecule has 0 aromatic heterocycles. The maximum Gasteiger partial charge on any atom is 0.222 e. The molecule has 0 aliphatic carbocycles. The highest BCUT2D eigenvalue weighted by Crippen LogP contribution is 2.19. The fourth-order valence-corrected chi connectivity index (χ4v) is 4.02. The van der Waals surface area contributed by atoms with Crippen molar-refractivity contribution in [3.63, 3.8) is 0 Å². The molecule has 0 saturated carbocycles. The second-order valence-corrected chi connectivity index (χ2v) is 8.09. The van der Waals surface area contributed by atoms with Gasteiger partial charge in [0.15, 0.2) is 0 Å². The monoisotopic (exact) mass is 309 g/mol. The zero-order chi connectivity index (χ0) is 15.3. The lowest BCUT2D eigenvalue weighted by Crippen LogP contribution is -2.39. The van der Waals surface area contributed by atoms with Gasteiger partial charge in [0.25, 0.3) is 0 Å². The highest BCUT2D eigenvalue weighted by Gasteiger charge is 2.24. The first-order valence-electron chi connectivity index (χ1n) is 7.43. The van der Waals surface area contributed by atoms with E-state index < -0.39 is 9.84 Å². The molecule has 1 saturated heterocycles. The molecule has 1 aliphatic rings. The maximum absolute atomic E-state index is 12.2. The number of hydrogen-bond donors (Lipinski definition) is 0. The molecule has 21 heavy (non-hydrogen) atoms. The number of aryl methyl sites for hydroxylation is 1. The molecule has 5 heteroatoms. The van der Waals surface area contributed by atoms with Crippen LogP contribution in [0.1, 0.15) is 24.8 Å². The predicted octanol–water partition coefficient (Wildman–Crippen LogP) is 1.90. The van der Waals surface area contributed by atoms with E-state index in [0.717, 1.165) is 19.3 Å². The molecule has 4 nitrogen and oxygen atoms in total. The minimum atomic E-state index is -2.91. The summed E-state index contributed by atoms with van der Waals surface area (Å²) < 4.78 is 22.6. The van der Waals surface area contributed by atoms with Gasteiger partial charge in [-0.25, -0.2) is 8.42 Å². The number of piperidine rings is 1. The van der Waals surface area contributed by atoms with Crippen molar-refractivity contribution < 1.29 is 13.2 Å². The fourth-order valence-electron chi connectivity index (χ4n) is 2.83. The van der Waals surface area contributed by atoms with Crippen molar-refractivity contribution in [3.8, 4) is 0 Å². The third-order valence-corrected chi connectivity index (χ3v) is 5.05. The minimum Gasteiger partial charge on any atom is -0.343 e. The third kappa shape index (κ3) is 5.50. The molecule has 0 atom stereocenters. The molecule has 1 heterocycles. The van der Waals surface area contributed by atoms with E-state index >= 15 is 0 Å². The van der Waals surface area contributed by atoms with Gasteiger partial charge in [0.05, 0.1) is 5.75 Å². The van der Waals surface area contributed by atoms with Crippen LogP contribution in [0.4, 0.5) is 0 Å².